The minimum Gasteiger partial charge on any atom is -0.355 e. The Hall–Kier alpha value is -2.48. The van der Waals surface area contributed by atoms with Crippen LogP contribution in [0.1, 0.15) is 59.3 Å². The van der Waals surface area contributed by atoms with Gasteiger partial charge in [-0.3, -0.25) is 9.48 Å². The molecule has 1 aliphatic rings. The predicted molar refractivity (Wildman–Crippen MR) is 109 cm³/mol. The van der Waals surface area contributed by atoms with Crippen molar-refractivity contribution in [1.29, 1.82) is 0 Å². The van der Waals surface area contributed by atoms with E-state index in [2.05, 4.69) is 33.8 Å². The predicted octanol–water partition coefficient (Wildman–Crippen LogP) is 1.76. The Morgan fingerprint density at radius 2 is 2.07 bits per heavy atom. The SMILES string of the molecule is Cc1nc(C(=O)N(C)Cc2cn(C)nc2C(C)C)nc(N2CC[C@@H](N)C2)c1C. The quantitative estimate of drug-likeness (QED) is 0.843. The summed E-state index contributed by atoms with van der Waals surface area (Å²) in [5, 5.41) is 4.52. The fourth-order valence-electron chi connectivity index (χ4n) is 3.66. The highest BCUT2D eigenvalue weighted by Crippen LogP contribution is 2.24. The van der Waals surface area contributed by atoms with E-state index in [1.807, 2.05) is 27.1 Å². The van der Waals surface area contributed by atoms with Crippen LogP contribution in [-0.2, 0) is 13.6 Å². The molecule has 1 aliphatic heterocycles. The van der Waals surface area contributed by atoms with Crippen molar-refractivity contribution in [3.8, 4) is 0 Å². The van der Waals surface area contributed by atoms with Crippen LogP contribution in [0.3, 0.4) is 0 Å². The number of hydrogen-bond acceptors (Lipinski definition) is 6. The molecule has 8 nitrogen and oxygen atoms in total. The number of nitrogens with zero attached hydrogens (tertiary/aromatic N) is 6. The van der Waals surface area contributed by atoms with E-state index in [0.717, 1.165) is 47.8 Å². The molecule has 0 unspecified atom stereocenters. The van der Waals surface area contributed by atoms with Crippen LogP contribution in [0.5, 0.6) is 0 Å². The molecule has 2 aromatic heterocycles. The van der Waals surface area contributed by atoms with Crippen LogP contribution in [0.25, 0.3) is 0 Å². The first-order chi connectivity index (χ1) is 13.2. The Balaban J connectivity index is 1.85. The molecule has 0 spiro atoms. The van der Waals surface area contributed by atoms with E-state index in [-0.39, 0.29) is 17.8 Å². The van der Waals surface area contributed by atoms with Gasteiger partial charge in [0.15, 0.2) is 0 Å². The second-order valence-electron chi connectivity index (χ2n) is 8.11. The summed E-state index contributed by atoms with van der Waals surface area (Å²) in [6.07, 6.45) is 2.90. The summed E-state index contributed by atoms with van der Waals surface area (Å²) in [7, 11) is 3.68. The number of anilines is 1. The summed E-state index contributed by atoms with van der Waals surface area (Å²) >= 11 is 0. The van der Waals surface area contributed by atoms with Crippen molar-refractivity contribution in [1.82, 2.24) is 24.6 Å². The van der Waals surface area contributed by atoms with Gasteiger partial charge in [-0.2, -0.15) is 5.10 Å². The van der Waals surface area contributed by atoms with Crippen molar-refractivity contribution in [3.63, 3.8) is 0 Å². The molecule has 3 heterocycles. The molecule has 0 bridgehead atoms. The van der Waals surface area contributed by atoms with E-state index < -0.39 is 0 Å². The first-order valence-corrected chi connectivity index (χ1v) is 9.81. The number of hydrogen-bond donors (Lipinski definition) is 1. The lowest BCUT2D eigenvalue weighted by atomic mass is 10.1. The first-order valence-electron chi connectivity index (χ1n) is 9.81. The van der Waals surface area contributed by atoms with Gasteiger partial charge in [0, 0.05) is 62.8 Å². The van der Waals surface area contributed by atoms with E-state index >= 15 is 0 Å². The van der Waals surface area contributed by atoms with Gasteiger partial charge in [0.1, 0.15) is 5.82 Å². The van der Waals surface area contributed by atoms with Crippen LogP contribution in [0.4, 0.5) is 5.82 Å². The van der Waals surface area contributed by atoms with Crippen molar-refractivity contribution in [2.75, 3.05) is 25.0 Å². The lowest BCUT2D eigenvalue weighted by molar-refractivity contribution is 0.0772. The Bertz CT molecular complexity index is 874. The summed E-state index contributed by atoms with van der Waals surface area (Å²) in [5.41, 5.74) is 9.94. The van der Waals surface area contributed by atoms with Gasteiger partial charge in [-0.05, 0) is 26.2 Å². The van der Waals surface area contributed by atoms with Gasteiger partial charge in [-0.1, -0.05) is 13.8 Å². The Morgan fingerprint density at radius 1 is 1.36 bits per heavy atom. The molecule has 1 fully saturated rings. The Labute approximate surface area is 166 Å². The lowest BCUT2D eigenvalue weighted by Crippen LogP contribution is -2.31. The van der Waals surface area contributed by atoms with Crippen LogP contribution in [-0.4, -0.2) is 56.7 Å². The zero-order valence-corrected chi connectivity index (χ0v) is 17.7. The van der Waals surface area contributed by atoms with E-state index in [0.29, 0.717) is 12.5 Å². The van der Waals surface area contributed by atoms with Crippen LogP contribution >= 0.6 is 0 Å². The van der Waals surface area contributed by atoms with E-state index in [1.54, 1.807) is 16.6 Å². The number of aryl methyl sites for hydroxylation is 2. The van der Waals surface area contributed by atoms with Gasteiger partial charge < -0.3 is 15.5 Å². The normalized spacial score (nSPS) is 16.9. The molecular formula is C20H31N7O. The van der Waals surface area contributed by atoms with Gasteiger partial charge in [-0.25, -0.2) is 9.97 Å². The van der Waals surface area contributed by atoms with Gasteiger partial charge >= 0.3 is 0 Å². The number of carbonyl (C=O) groups excluding carboxylic acids is 1. The van der Waals surface area contributed by atoms with Gasteiger partial charge in [0.2, 0.25) is 5.82 Å². The monoisotopic (exact) mass is 385 g/mol. The maximum Gasteiger partial charge on any atom is 0.291 e. The molecule has 0 aliphatic carbocycles. The summed E-state index contributed by atoms with van der Waals surface area (Å²) in [6.45, 7) is 10.2. The fourth-order valence-corrected chi connectivity index (χ4v) is 3.66. The average molecular weight is 386 g/mol. The molecule has 0 radical (unpaired) electrons. The third-order valence-corrected chi connectivity index (χ3v) is 5.32. The molecule has 28 heavy (non-hydrogen) atoms. The molecule has 8 heteroatoms. The maximum atomic E-state index is 13.1. The molecule has 3 rings (SSSR count). The zero-order chi connectivity index (χ0) is 20.6. The minimum absolute atomic E-state index is 0.150. The molecule has 0 saturated carbocycles. The second-order valence-corrected chi connectivity index (χ2v) is 8.11. The smallest absolute Gasteiger partial charge is 0.291 e. The molecular weight excluding hydrogens is 354 g/mol. The zero-order valence-electron chi connectivity index (χ0n) is 17.7. The number of carbonyl (C=O) groups is 1. The molecule has 2 aromatic rings. The van der Waals surface area contributed by atoms with Gasteiger partial charge in [0.05, 0.1) is 5.69 Å². The van der Waals surface area contributed by atoms with Crippen LogP contribution in [0, 0.1) is 13.8 Å². The van der Waals surface area contributed by atoms with Crippen molar-refractivity contribution in [2.24, 2.45) is 12.8 Å². The highest BCUT2D eigenvalue weighted by Gasteiger charge is 2.26. The third kappa shape index (κ3) is 4.01. The first kappa shape index (κ1) is 20.3. The minimum atomic E-state index is -0.189. The lowest BCUT2D eigenvalue weighted by Gasteiger charge is -2.22. The maximum absolute atomic E-state index is 13.1. The highest BCUT2D eigenvalue weighted by atomic mass is 16.2. The van der Waals surface area contributed by atoms with Gasteiger partial charge in [-0.15, -0.1) is 0 Å². The summed E-state index contributed by atoms with van der Waals surface area (Å²) in [4.78, 5) is 26.0. The molecule has 2 N–H and O–H groups in total. The molecule has 1 amide bonds. The van der Waals surface area contributed by atoms with Gasteiger partial charge in [0.25, 0.3) is 5.91 Å². The standard InChI is InChI=1S/C20H31N7O/c1-12(2)17-15(10-26(6)24-17)9-25(5)20(28)18-22-14(4)13(3)19(23-18)27-8-7-16(21)11-27/h10,12,16H,7-9,11,21H2,1-6H3/t16-/m1/s1. The van der Waals surface area contributed by atoms with E-state index in [9.17, 15) is 4.79 Å². The molecule has 0 aromatic carbocycles. The average Bonchev–Trinajstić information content (AvgIpc) is 3.22. The molecule has 1 saturated heterocycles. The van der Waals surface area contributed by atoms with E-state index in [1.165, 1.54) is 0 Å². The Morgan fingerprint density at radius 3 is 2.68 bits per heavy atom. The highest BCUT2D eigenvalue weighted by molar-refractivity contribution is 5.90. The van der Waals surface area contributed by atoms with Crippen molar-refractivity contribution >= 4 is 11.7 Å². The van der Waals surface area contributed by atoms with Crippen molar-refractivity contribution in [3.05, 3.63) is 34.5 Å². The number of amides is 1. The topological polar surface area (TPSA) is 93.2 Å². The van der Waals surface area contributed by atoms with Crippen LogP contribution in [0.15, 0.2) is 6.20 Å². The number of aromatic nitrogens is 4. The fraction of sp³-hybridized carbons (Fsp3) is 0.600. The summed E-state index contributed by atoms with van der Waals surface area (Å²) in [5.74, 6) is 1.16. The third-order valence-electron chi connectivity index (χ3n) is 5.32. The summed E-state index contributed by atoms with van der Waals surface area (Å²) in [6, 6.07) is 0.150. The summed E-state index contributed by atoms with van der Waals surface area (Å²) < 4.78 is 1.80. The van der Waals surface area contributed by atoms with Crippen LogP contribution < -0.4 is 10.6 Å². The number of rotatable bonds is 5. The molecule has 152 valence electrons. The van der Waals surface area contributed by atoms with E-state index in [4.69, 9.17) is 5.73 Å². The molecule has 1 atom stereocenters. The van der Waals surface area contributed by atoms with Crippen molar-refractivity contribution in [2.45, 2.75) is 52.6 Å². The number of nitrogens with two attached hydrogens (primary N) is 1. The van der Waals surface area contributed by atoms with Crippen LogP contribution in [0.2, 0.25) is 0 Å². The largest absolute Gasteiger partial charge is 0.355 e. The van der Waals surface area contributed by atoms with Crippen molar-refractivity contribution < 1.29 is 4.79 Å². The second kappa shape index (κ2) is 7.87. The Kier molecular flexibility index (Phi) is 5.69.